The number of benzene rings is 2. The molecular weight excluding hydrogens is 691 g/mol. The number of hydrogen-bond acceptors (Lipinski definition) is 9. The zero-order valence-electron chi connectivity index (χ0n) is 28.7. The standard InChI is InChI=1S/C35H41F4N6O5P/c1-45(34(47)50-20-21-8-6-5-7-9-21)19-22(36)14-15-40-23-10-11-24(16-23)43-33-42-18-28(35(37,38)39)29(44-33)27-17-41-30-25(27)12-13-26(32(46)49-2)31(30)51(3,4)48/h5-9,12-13,17-18,22-24,40-41H,10-11,14-16,19-20H2,1-4H3,(H,42,43,44)/t22?,23-,24-/m0/s1. The van der Waals surface area contributed by atoms with Crippen LogP contribution in [-0.2, 0) is 26.8 Å². The molecular formula is C35H41F4N6O5P. The predicted octanol–water partition coefficient (Wildman–Crippen LogP) is 6.60. The fourth-order valence-electron chi connectivity index (χ4n) is 6.29. The van der Waals surface area contributed by atoms with Gasteiger partial charge in [-0.25, -0.2) is 23.9 Å². The van der Waals surface area contributed by atoms with Gasteiger partial charge in [0.1, 0.15) is 25.5 Å². The van der Waals surface area contributed by atoms with E-state index in [0.717, 1.165) is 18.2 Å². The Hall–Kier alpha value is -4.49. The lowest BCUT2D eigenvalue weighted by Crippen LogP contribution is -2.35. The lowest BCUT2D eigenvalue weighted by Gasteiger charge is -2.20. The van der Waals surface area contributed by atoms with Gasteiger partial charge in [0, 0.05) is 47.8 Å². The van der Waals surface area contributed by atoms with Gasteiger partial charge in [-0.3, -0.25) is 0 Å². The van der Waals surface area contributed by atoms with E-state index in [9.17, 15) is 31.7 Å². The molecule has 4 aromatic rings. The second-order valence-electron chi connectivity index (χ2n) is 13.0. The number of fused-ring (bicyclic) bond motifs is 1. The number of hydrogen-bond donors (Lipinski definition) is 3. The number of anilines is 1. The summed E-state index contributed by atoms with van der Waals surface area (Å²) in [7, 11) is -0.433. The summed E-state index contributed by atoms with van der Waals surface area (Å²) in [6.07, 6.45) is -2.35. The van der Waals surface area contributed by atoms with Gasteiger partial charge in [0.15, 0.2) is 0 Å². The first kappa shape index (κ1) is 37.8. The van der Waals surface area contributed by atoms with Crippen LogP contribution in [0.1, 0.15) is 47.2 Å². The third-order valence-corrected chi connectivity index (χ3v) is 10.3. The maximum atomic E-state index is 14.7. The lowest BCUT2D eigenvalue weighted by molar-refractivity contribution is -0.137. The Balaban J connectivity index is 1.21. The molecule has 11 nitrogen and oxygen atoms in total. The zero-order valence-corrected chi connectivity index (χ0v) is 29.6. The van der Waals surface area contributed by atoms with Crippen LogP contribution in [0.2, 0.25) is 0 Å². The minimum atomic E-state index is -4.77. The number of H-pyrrole nitrogens is 1. The van der Waals surface area contributed by atoms with Gasteiger partial charge >= 0.3 is 18.2 Å². The van der Waals surface area contributed by atoms with Crippen LogP contribution < -0.4 is 15.9 Å². The summed E-state index contributed by atoms with van der Waals surface area (Å²) in [5, 5.41) is 6.97. The third-order valence-electron chi connectivity index (χ3n) is 8.77. The van der Waals surface area contributed by atoms with Gasteiger partial charge in [-0.05, 0) is 57.2 Å². The first-order chi connectivity index (χ1) is 24.2. The molecule has 0 spiro atoms. The molecule has 0 radical (unpaired) electrons. The normalized spacial score (nSPS) is 16.9. The lowest BCUT2D eigenvalue weighted by atomic mass is 10.0. The predicted molar refractivity (Wildman–Crippen MR) is 187 cm³/mol. The van der Waals surface area contributed by atoms with E-state index in [1.165, 1.54) is 50.7 Å². The van der Waals surface area contributed by atoms with Crippen LogP contribution in [0.3, 0.4) is 0 Å². The van der Waals surface area contributed by atoms with Gasteiger partial charge in [-0.15, -0.1) is 0 Å². The molecule has 1 aliphatic rings. The molecule has 2 aromatic carbocycles. The molecule has 1 aliphatic carbocycles. The molecule has 1 saturated carbocycles. The molecule has 0 saturated heterocycles. The summed E-state index contributed by atoms with van der Waals surface area (Å²) in [4.78, 5) is 37.1. The summed E-state index contributed by atoms with van der Waals surface area (Å²) < 4.78 is 80.7. The highest BCUT2D eigenvalue weighted by atomic mass is 31.2. The Morgan fingerprint density at radius 2 is 1.84 bits per heavy atom. The first-order valence-electron chi connectivity index (χ1n) is 16.4. The maximum absolute atomic E-state index is 14.7. The van der Waals surface area contributed by atoms with Crippen molar-refractivity contribution >= 4 is 41.4 Å². The van der Waals surface area contributed by atoms with E-state index >= 15 is 0 Å². The molecule has 0 bridgehead atoms. The highest BCUT2D eigenvalue weighted by molar-refractivity contribution is 7.70. The number of halogens is 4. The molecule has 0 aliphatic heterocycles. The maximum Gasteiger partial charge on any atom is 0.419 e. The summed E-state index contributed by atoms with van der Waals surface area (Å²) in [5.41, 5.74) is -0.161. The second kappa shape index (κ2) is 15.8. The van der Waals surface area contributed by atoms with Crippen LogP contribution >= 0.6 is 7.14 Å². The third kappa shape index (κ3) is 9.25. The summed E-state index contributed by atoms with van der Waals surface area (Å²) in [6.45, 7) is 3.29. The number of esters is 1. The van der Waals surface area contributed by atoms with Crippen molar-refractivity contribution in [3.63, 3.8) is 0 Å². The zero-order chi connectivity index (χ0) is 36.9. The Bertz CT molecular complexity index is 1900. The van der Waals surface area contributed by atoms with Crippen molar-refractivity contribution in [2.75, 3.05) is 45.9 Å². The Morgan fingerprint density at radius 3 is 2.53 bits per heavy atom. The van der Waals surface area contributed by atoms with Gasteiger partial charge in [-0.2, -0.15) is 13.2 Å². The number of nitrogens with zero attached hydrogens (tertiary/aromatic N) is 3. The number of rotatable bonds is 13. The molecule has 3 N–H and O–H groups in total. The smallest absolute Gasteiger partial charge is 0.419 e. The van der Waals surface area contributed by atoms with Gasteiger partial charge in [-0.1, -0.05) is 36.4 Å². The number of aromatic amines is 1. The van der Waals surface area contributed by atoms with Gasteiger partial charge < -0.3 is 34.6 Å². The summed E-state index contributed by atoms with van der Waals surface area (Å²) in [6, 6.07) is 12.0. The number of nitrogens with one attached hydrogen (secondary N) is 3. The van der Waals surface area contributed by atoms with Crippen LogP contribution in [0, 0.1) is 0 Å². The van der Waals surface area contributed by atoms with Crippen LogP contribution in [0.5, 0.6) is 0 Å². The van der Waals surface area contributed by atoms with Crippen molar-refractivity contribution in [1.82, 2.24) is 25.2 Å². The molecule has 2 aromatic heterocycles. The highest BCUT2D eigenvalue weighted by Gasteiger charge is 2.37. The van der Waals surface area contributed by atoms with E-state index in [0.29, 0.717) is 24.8 Å². The van der Waals surface area contributed by atoms with E-state index in [1.807, 2.05) is 30.3 Å². The van der Waals surface area contributed by atoms with Crippen molar-refractivity contribution in [3.8, 4) is 11.3 Å². The second-order valence-corrected chi connectivity index (χ2v) is 16.1. The van der Waals surface area contributed by atoms with Crippen LogP contribution in [-0.4, -0.2) is 90.7 Å². The van der Waals surface area contributed by atoms with Crippen molar-refractivity contribution in [3.05, 3.63) is 71.5 Å². The molecule has 1 unspecified atom stereocenters. The fraction of sp³-hybridized carbons (Fsp3) is 0.429. The van der Waals surface area contributed by atoms with Crippen molar-refractivity contribution in [2.45, 2.75) is 56.7 Å². The summed E-state index contributed by atoms with van der Waals surface area (Å²) in [5.74, 6) is -0.707. The molecule has 1 amide bonds. The number of amides is 1. The largest absolute Gasteiger partial charge is 0.465 e. The minimum Gasteiger partial charge on any atom is -0.465 e. The van der Waals surface area contributed by atoms with E-state index in [4.69, 9.17) is 9.47 Å². The number of aromatic nitrogens is 3. The fourth-order valence-corrected chi connectivity index (χ4v) is 7.76. The number of ether oxygens (including phenoxy) is 2. The van der Waals surface area contributed by atoms with Crippen molar-refractivity contribution in [2.24, 2.45) is 0 Å². The SMILES string of the molecule is COC(=O)c1ccc2c(-c3nc(N[C@H]4CC[C@H](NCCC(F)CN(C)C(=O)OCc5ccccc5)C4)ncc3C(F)(F)F)c[nH]c2c1P(C)(C)=O. The average molecular weight is 733 g/mol. The number of alkyl halides is 4. The van der Waals surface area contributed by atoms with E-state index in [-0.39, 0.29) is 65.2 Å². The Labute approximate surface area is 292 Å². The molecule has 51 heavy (non-hydrogen) atoms. The van der Waals surface area contributed by atoms with Crippen LogP contribution in [0.25, 0.3) is 22.2 Å². The molecule has 274 valence electrons. The minimum absolute atomic E-state index is 0.00655. The van der Waals surface area contributed by atoms with Crippen molar-refractivity contribution in [1.29, 1.82) is 0 Å². The monoisotopic (exact) mass is 732 g/mol. The van der Waals surface area contributed by atoms with E-state index in [1.54, 1.807) is 0 Å². The topological polar surface area (TPSA) is 139 Å². The van der Waals surface area contributed by atoms with Gasteiger partial charge in [0.05, 0.1) is 30.4 Å². The van der Waals surface area contributed by atoms with Gasteiger partial charge in [0.2, 0.25) is 5.95 Å². The first-order valence-corrected chi connectivity index (χ1v) is 19.0. The highest BCUT2D eigenvalue weighted by Crippen LogP contribution is 2.43. The molecule has 3 atom stereocenters. The number of methoxy groups -OCH3 is 1. The van der Waals surface area contributed by atoms with Gasteiger partial charge in [0.25, 0.3) is 0 Å². The average Bonchev–Trinajstić information content (AvgIpc) is 3.72. The molecule has 2 heterocycles. The quantitative estimate of drug-likeness (QED) is 0.0789. The number of carbonyl (C=O) groups excluding carboxylic acids is 2. The summed E-state index contributed by atoms with van der Waals surface area (Å²) >= 11 is 0. The van der Waals surface area contributed by atoms with Crippen molar-refractivity contribution < 1.29 is 41.2 Å². The Morgan fingerprint density at radius 1 is 1.12 bits per heavy atom. The number of carbonyl (C=O) groups is 2. The molecule has 1 fully saturated rings. The molecule has 5 rings (SSSR count). The molecule has 16 heteroatoms. The van der Waals surface area contributed by atoms with Crippen LogP contribution in [0.15, 0.2) is 54.9 Å². The van der Waals surface area contributed by atoms with E-state index < -0.39 is 37.1 Å². The van der Waals surface area contributed by atoms with Crippen LogP contribution in [0.4, 0.5) is 28.3 Å². The Kier molecular flexibility index (Phi) is 11.7. The van der Waals surface area contributed by atoms with E-state index in [2.05, 4.69) is 25.6 Å².